The number of H-pyrrole nitrogens is 1. The molecule has 0 saturated heterocycles. The van der Waals surface area contributed by atoms with Gasteiger partial charge in [-0.15, -0.1) is 0 Å². The van der Waals surface area contributed by atoms with Crippen LogP contribution in [0.5, 0.6) is 0 Å². The Hall–Kier alpha value is -1.03. The molecule has 1 N–H and O–H groups in total. The molecule has 1 rings (SSSR count). The fraction of sp³-hybridized carbons (Fsp3) is 0.500. The van der Waals surface area contributed by atoms with Gasteiger partial charge in [0.25, 0.3) is 5.56 Å². The third-order valence-corrected chi connectivity index (χ3v) is 1.77. The Morgan fingerprint density at radius 3 is 2.31 bits per heavy atom. The molecule has 5 heteroatoms. The molecule has 0 aromatic carbocycles. The lowest BCUT2D eigenvalue weighted by atomic mass is 10.1. The quantitative estimate of drug-likeness (QED) is 0.637. The minimum Gasteiger partial charge on any atom is -0.298 e. The van der Waals surface area contributed by atoms with E-state index in [2.05, 4.69) is 4.98 Å². The Morgan fingerprint density at radius 2 is 1.92 bits per heavy atom. The molecule has 4 nitrogen and oxygen atoms in total. The zero-order valence-corrected chi connectivity index (χ0v) is 8.47. The lowest BCUT2D eigenvalue weighted by Gasteiger charge is -2.20. The van der Waals surface area contributed by atoms with Crippen molar-refractivity contribution < 1.29 is 0 Å². The molecular formula is C8H11ClN2O2. The summed E-state index contributed by atoms with van der Waals surface area (Å²) in [4.78, 5) is 25.1. The van der Waals surface area contributed by atoms with E-state index >= 15 is 0 Å². The van der Waals surface area contributed by atoms with E-state index in [-0.39, 0.29) is 10.7 Å². The van der Waals surface area contributed by atoms with Gasteiger partial charge in [0.15, 0.2) is 0 Å². The summed E-state index contributed by atoms with van der Waals surface area (Å²) in [7, 11) is 0. The Bertz CT molecular complexity index is 394. The molecule has 0 atom stereocenters. The second kappa shape index (κ2) is 3.03. The van der Waals surface area contributed by atoms with Crippen molar-refractivity contribution in [2.24, 2.45) is 0 Å². The van der Waals surface area contributed by atoms with Gasteiger partial charge in [-0.25, -0.2) is 4.79 Å². The van der Waals surface area contributed by atoms with Gasteiger partial charge in [0, 0.05) is 11.6 Å². The van der Waals surface area contributed by atoms with Crippen LogP contribution in [0, 0.1) is 0 Å². The molecule has 0 aliphatic heterocycles. The summed E-state index contributed by atoms with van der Waals surface area (Å²) in [5.74, 6) is 0. The van der Waals surface area contributed by atoms with Gasteiger partial charge in [-0.1, -0.05) is 11.6 Å². The van der Waals surface area contributed by atoms with Crippen molar-refractivity contribution in [1.82, 2.24) is 9.55 Å². The van der Waals surface area contributed by atoms with Gasteiger partial charge in [0.2, 0.25) is 0 Å². The summed E-state index contributed by atoms with van der Waals surface area (Å²) >= 11 is 5.50. The zero-order chi connectivity index (χ0) is 10.2. The molecular weight excluding hydrogens is 192 g/mol. The fourth-order valence-electron chi connectivity index (χ4n) is 1.10. The third-order valence-electron chi connectivity index (χ3n) is 1.57. The maximum atomic E-state index is 11.4. The van der Waals surface area contributed by atoms with Gasteiger partial charge < -0.3 is 0 Å². The fourth-order valence-corrected chi connectivity index (χ4v) is 1.28. The smallest absolute Gasteiger partial charge is 0.298 e. The molecule has 1 aromatic heterocycles. The van der Waals surface area contributed by atoms with Gasteiger partial charge in [-0.3, -0.25) is 14.3 Å². The number of rotatable bonds is 0. The summed E-state index contributed by atoms with van der Waals surface area (Å²) in [5.41, 5.74) is -1.40. The summed E-state index contributed by atoms with van der Waals surface area (Å²) in [6, 6.07) is 1.19. The predicted molar refractivity (Wildman–Crippen MR) is 51.3 cm³/mol. The molecule has 1 aromatic rings. The average Bonchev–Trinajstić information content (AvgIpc) is 1.78. The molecule has 0 saturated carbocycles. The van der Waals surface area contributed by atoms with Crippen LogP contribution in [0.15, 0.2) is 15.7 Å². The van der Waals surface area contributed by atoms with Crippen LogP contribution in [-0.2, 0) is 5.54 Å². The molecule has 0 amide bonds. The van der Waals surface area contributed by atoms with Crippen LogP contribution in [0.1, 0.15) is 20.8 Å². The van der Waals surface area contributed by atoms with Crippen molar-refractivity contribution in [3.63, 3.8) is 0 Å². The first-order valence-electron chi connectivity index (χ1n) is 3.85. The zero-order valence-electron chi connectivity index (χ0n) is 7.72. The normalized spacial score (nSPS) is 11.7. The van der Waals surface area contributed by atoms with E-state index in [0.717, 1.165) is 4.57 Å². The number of hydrogen-bond acceptors (Lipinski definition) is 2. The van der Waals surface area contributed by atoms with Gasteiger partial charge in [-0.05, 0) is 20.8 Å². The Balaban J connectivity index is 3.58. The van der Waals surface area contributed by atoms with Crippen molar-refractivity contribution >= 4 is 11.6 Å². The van der Waals surface area contributed by atoms with Crippen molar-refractivity contribution in [3.8, 4) is 0 Å². The van der Waals surface area contributed by atoms with E-state index < -0.39 is 11.2 Å². The number of halogens is 1. The molecule has 1 heterocycles. The van der Waals surface area contributed by atoms with E-state index in [4.69, 9.17) is 11.6 Å². The van der Waals surface area contributed by atoms with Gasteiger partial charge in [0.05, 0.1) is 0 Å². The number of hydrogen-bond donors (Lipinski definition) is 1. The molecule has 0 unspecified atom stereocenters. The van der Waals surface area contributed by atoms with Crippen LogP contribution in [0.4, 0.5) is 0 Å². The molecule has 0 aliphatic rings. The van der Waals surface area contributed by atoms with Crippen LogP contribution < -0.4 is 11.2 Å². The molecule has 0 spiro atoms. The van der Waals surface area contributed by atoms with Crippen molar-refractivity contribution in [1.29, 1.82) is 0 Å². The molecule has 72 valence electrons. The lowest BCUT2D eigenvalue weighted by Crippen LogP contribution is -2.44. The van der Waals surface area contributed by atoms with E-state index in [0.29, 0.717) is 0 Å². The monoisotopic (exact) mass is 202 g/mol. The number of nitrogens with one attached hydrogen (secondary N) is 1. The van der Waals surface area contributed by atoms with Gasteiger partial charge in [0.1, 0.15) is 5.15 Å². The Morgan fingerprint density at radius 1 is 1.38 bits per heavy atom. The number of aromatic nitrogens is 2. The first-order valence-corrected chi connectivity index (χ1v) is 4.22. The largest absolute Gasteiger partial charge is 0.329 e. The van der Waals surface area contributed by atoms with Crippen molar-refractivity contribution in [2.75, 3.05) is 0 Å². The van der Waals surface area contributed by atoms with Crippen molar-refractivity contribution in [2.45, 2.75) is 26.3 Å². The number of nitrogens with zero attached hydrogens (tertiary/aromatic N) is 1. The van der Waals surface area contributed by atoms with Crippen molar-refractivity contribution in [3.05, 3.63) is 32.1 Å². The summed E-state index contributed by atoms with van der Waals surface area (Å²) in [6.45, 7) is 5.33. The van der Waals surface area contributed by atoms with E-state index in [1.165, 1.54) is 6.07 Å². The van der Waals surface area contributed by atoms with Crippen LogP contribution >= 0.6 is 11.6 Å². The standard InChI is InChI=1S/C8H11ClN2O2/c1-8(2,3)11-6(12)4-5(9)10-7(11)13/h4H,1-3H3,(H,10,13). The highest BCUT2D eigenvalue weighted by atomic mass is 35.5. The summed E-state index contributed by atoms with van der Waals surface area (Å²) < 4.78 is 1.12. The van der Waals surface area contributed by atoms with Crippen LogP contribution in [0.25, 0.3) is 0 Å². The maximum absolute atomic E-state index is 11.4. The Labute approximate surface area is 80.2 Å². The lowest BCUT2D eigenvalue weighted by molar-refractivity contribution is 0.366. The SMILES string of the molecule is CC(C)(C)n1c(=O)cc(Cl)[nH]c1=O. The predicted octanol–water partition coefficient (Wildman–Crippen LogP) is 0.945. The third kappa shape index (κ3) is 2.01. The molecule has 0 radical (unpaired) electrons. The highest BCUT2D eigenvalue weighted by molar-refractivity contribution is 6.29. The highest BCUT2D eigenvalue weighted by Crippen LogP contribution is 2.07. The second-order valence-electron chi connectivity index (χ2n) is 3.77. The number of aromatic amines is 1. The molecule has 0 bridgehead atoms. The molecule has 0 aliphatic carbocycles. The minimum atomic E-state index is -0.532. The first-order chi connectivity index (χ1) is 5.82. The van der Waals surface area contributed by atoms with Gasteiger partial charge >= 0.3 is 5.69 Å². The topological polar surface area (TPSA) is 54.9 Å². The minimum absolute atomic E-state index is 0.0653. The van der Waals surface area contributed by atoms with Crippen LogP contribution in [0.3, 0.4) is 0 Å². The second-order valence-corrected chi connectivity index (χ2v) is 4.17. The molecule has 13 heavy (non-hydrogen) atoms. The van der Waals surface area contributed by atoms with Crippen LogP contribution in [0.2, 0.25) is 5.15 Å². The summed E-state index contributed by atoms with van der Waals surface area (Å²) in [6.07, 6.45) is 0. The Kier molecular flexibility index (Phi) is 2.34. The first kappa shape index (κ1) is 10.1. The van der Waals surface area contributed by atoms with E-state index in [9.17, 15) is 9.59 Å². The maximum Gasteiger partial charge on any atom is 0.329 e. The summed E-state index contributed by atoms with van der Waals surface area (Å²) in [5, 5.41) is 0.0653. The van der Waals surface area contributed by atoms with E-state index in [1.54, 1.807) is 20.8 Å². The van der Waals surface area contributed by atoms with Gasteiger partial charge in [-0.2, -0.15) is 0 Å². The highest BCUT2D eigenvalue weighted by Gasteiger charge is 2.17. The molecule has 0 fully saturated rings. The average molecular weight is 203 g/mol. The van der Waals surface area contributed by atoms with E-state index in [1.807, 2.05) is 0 Å². The van der Waals surface area contributed by atoms with Crippen LogP contribution in [-0.4, -0.2) is 9.55 Å².